The van der Waals surface area contributed by atoms with E-state index in [-0.39, 0.29) is 36.0 Å². The van der Waals surface area contributed by atoms with Crippen LogP contribution in [-0.4, -0.2) is 26.1 Å². The molecule has 13 heteroatoms. The van der Waals surface area contributed by atoms with Gasteiger partial charge in [0.15, 0.2) is 17.3 Å². The Kier molecular flexibility index (Phi) is 8.41. The zero-order valence-electron chi connectivity index (χ0n) is 22.8. The lowest BCUT2D eigenvalue weighted by Crippen LogP contribution is -2.28. The molecule has 1 N–H and O–H groups in total. The van der Waals surface area contributed by atoms with E-state index < -0.39 is 43.5 Å². The number of phenols is 1. The van der Waals surface area contributed by atoms with Crippen molar-refractivity contribution in [1.29, 1.82) is 0 Å². The van der Waals surface area contributed by atoms with E-state index in [0.717, 1.165) is 17.2 Å². The van der Waals surface area contributed by atoms with Gasteiger partial charge in [-0.3, -0.25) is 4.79 Å². The summed E-state index contributed by atoms with van der Waals surface area (Å²) in [7, 11) is -4.88. The summed E-state index contributed by atoms with van der Waals surface area (Å²) in [5, 5.41) is 9.95. The number of hydrogen-bond acceptors (Lipinski definition) is 9. The van der Waals surface area contributed by atoms with E-state index in [1.54, 1.807) is 6.07 Å². The number of halogens is 3. The second-order valence-electron chi connectivity index (χ2n) is 9.30. The Balaban J connectivity index is 1.58. The van der Waals surface area contributed by atoms with Gasteiger partial charge in [0, 0.05) is 17.7 Å². The van der Waals surface area contributed by atoms with Gasteiger partial charge in [0.05, 0.1) is 7.11 Å². The number of alkyl halides is 3. The van der Waals surface area contributed by atoms with Gasteiger partial charge in [0.25, 0.3) is 0 Å². The maximum atomic E-state index is 13.3. The molecule has 1 aromatic heterocycles. The zero-order valence-corrected chi connectivity index (χ0v) is 23.6. The predicted molar refractivity (Wildman–Crippen MR) is 153 cm³/mol. The van der Waals surface area contributed by atoms with Gasteiger partial charge in [0.2, 0.25) is 11.2 Å². The summed E-state index contributed by atoms with van der Waals surface area (Å²) in [4.78, 5) is 13.3. The van der Waals surface area contributed by atoms with Crippen molar-refractivity contribution in [3.8, 4) is 40.1 Å². The average molecular weight is 629 g/mol. The van der Waals surface area contributed by atoms with E-state index in [0.29, 0.717) is 11.8 Å². The minimum absolute atomic E-state index is 0.160. The van der Waals surface area contributed by atoms with Crippen LogP contribution in [0.3, 0.4) is 0 Å². The van der Waals surface area contributed by atoms with Crippen LogP contribution in [0.2, 0.25) is 0 Å². The van der Waals surface area contributed by atoms with Gasteiger partial charge in [0.1, 0.15) is 35.7 Å². The highest BCUT2D eigenvalue weighted by Gasteiger charge is 2.48. The molecular formula is C31H23F3O9S. The molecule has 228 valence electrons. The molecule has 0 saturated carbocycles. The fraction of sp³-hybridized carbons (Fsp3) is 0.129. The van der Waals surface area contributed by atoms with Gasteiger partial charge in [-0.15, -0.1) is 0 Å². The van der Waals surface area contributed by atoms with Crippen molar-refractivity contribution >= 4 is 21.1 Å². The van der Waals surface area contributed by atoms with E-state index in [9.17, 15) is 31.5 Å². The molecular weight excluding hydrogens is 605 g/mol. The highest BCUT2D eigenvalue weighted by Crippen LogP contribution is 2.40. The molecule has 0 fully saturated rings. The molecule has 0 aliphatic rings. The quantitative estimate of drug-likeness (QED) is 0.135. The van der Waals surface area contributed by atoms with E-state index in [1.807, 2.05) is 60.7 Å². The van der Waals surface area contributed by atoms with Crippen LogP contribution in [0, 0.1) is 0 Å². The van der Waals surface area contributed by atoms with E-state index in [1.165, 1.54) is 19.2 Å². The van der Waals surface area contributed by atoms with Crippen LogP contribution in [0.15, 0.2) is 100 Å². The topological polar surface area (TPSA) is 122 Å². The number of ether oxygens (including phenoxy) is 3. The summed E-state index contributed by atoms with van der Waals surface area (Å²) in [6.07, 6.45) is 0. The molecule has 0 aliphatic carbocycles. The molecule has 5 rings (SSSR count). The fourth-order valence-electron chi connectivity index (χ4n) is 4.21. The minimum atomic E-state index is -6.07. The van der Waals surface area contributed by atoms with Crippen LogP contribution in [0.4, 0.5) is 13.2 Å². The lowest BCUT2D eigenvalue weighted by Gasteiger charge is -2.16. The van der Waals surface area contributed by atoms with Crippen LogP contribution in [0.25, 0.3) is 22.3 Å². The summed E-state index contributed by atoms with van der Waals surface area (Å²) in [5.41, 5.74) is -5.07. The number of phenolic OH excluding ortho intramolecular Hbond substituents is 1. The van der Waals surface area contributed by atoms with Crippen molar-refractivity contribution in [2.45, 2.75) is 18.7 Å². The highest BCUT2D eigenvalue weighted by atomic mass is 32.2. The van der Waals surface area contributed by atoms with Crippen LogP contribution >= 0.6 is 0 Å². The Labute approximate surface area is 248 Å². The average Bonchev–Trinajstić information content (AvgIpc) is 2.99. The lowest BCUT2D eigenvalue weighted by molar-refractivity contribution is -0.0500. The molecule has 0 aliphatic heterocycles. The SMILES string of the molecule is COc1c(-c2ccc(OCc3ccccc3)c(OCc3ccccc3)c2)oc2cc(OS(=O)(=O)C(F)(F)F)cc(O)c2c1=O. The molecule has 44 heavy (non-hydrogen) atoms. The van der Waals surface area contributed by atoms with Gasteiger partial charge in [-0.05, 0) is 29.3 Å². The van der Waals surface area contributed by atoms with E-state index in [4.69, 9.17) is 18.6 Å². The number of methoxy groups -OCH3 is 1. The molecule has 0 amide bonds. The summed E-state index contributed by atoms with van der Waals surface area (Å²) < 4.78 is 89.1. The van der Waals surface area contributed by atoms with Gasteiger partial charge in [-0.25, -0.2) is 0 Å². The van der Waals surface area contributed by atoms with Crippen molar-refractivity contribution in [3.05, 3.63) is 112 Å². The van der Waals surface area contributed by atoms with Crippen molar-refractivity contribution in [2.24, 2.45) is 0 Å². The largest absolute Gasteiger partial charge is 0.534 e. The number of rotatable bonds is 10. The normalized spacial score (nSPS) is 11.7. The lowest BCUT2D eigenvalue weighted by atomic mass is 10.1. The van der Waals surface area contributed by atoms with Gasteiger partial charge < -0.3 is 27.9 Å². The predicted octanol–water partition coefficient (Wildman–Crippen LogP) is 6.56. The molecule has 0 unspecified atom stereocenters. The van der Waals surface area contributed by atoms with Gasteiger partial charge >= 0.3 is 15.6 Å². The Morgan fingerprint density at radius 2 is 1.41 bits per heavy atom. The first-order chi connectivity index (χ1) is 21.0. The summed E-state index contributed by atoms with van der Waals surface area (Å²) in [5.74, 6) is -1.70. The Bertz CT molecular complexity index is 1960. The molecule has 9 nitrogen and oxygen atoms in total. The Morgan fingerprint density at radius 1 is 0.818 bits per heavy atom. The van der Waals surface area contributed by atoms with Crippen LogP contribution in [-0.2, 0) is 23.3 Å². The first kappa shape index (κ1) is 30.3. The second kappa shape index (κ2) is 12.2. The smallest absolute Gasteiger partial charge is 0.507 e. The zero-order chi connectivity index (χ0) is 31.5. The Hall–Kier alpha value is -5.17. The summed E-state index contributed by atoms with van der Waals surface area (Å²) in [6, 6.07) is 24.6. The van der Waals surface area contributed by atoms with E-state index in [2.05, 4.69) is 4.18 Å². The van der Waals surface area contributed by atoms with Crippen LogP contribution in [0.5, 0.6) is 28.7 Å². The van der Waals surface area contributed by atoms with Crippen molar-refractivity contribution in [3.63, 3.8) is 0 Å². The monoisotopic (exact) mass is 628 g/mol. The molecule has 0 saturated heterocycles. The first-order valence-corrected chi connectivity index (χ1v) is 14.2. The number of hydrogen-bond donors (Lipinski definition) is 1. The standard InChI is InChI=1S/C31H23F3O9S/c1-39-30-28(36)27-23(35)15-22(43-44(37,38)31(32,33)34)16-26(27)42-29(30)21-12-13-24(40-17-19-8-4-2-5-9-19)25(14-21)41-18-20-10-6-3-7-11-20/h2-16,35H,17-18H2,1H3. The Morgan fingerprint density at radius 3 is 1.98 bits per heavy atom. The maximum Gasteiger partial charge on any atom is 0.534 e. The van der Waals surface area contributed by atoms with Crippen molar-refractivity contribution in [2.75, 3.05) is 7.11 Å². The summed E-state index contributed by atoms with van der Waals surface area (Å²) in [6.45, 7) is 0.381. The minimum Gasteiger partial charge on any atom is -0.507 e. The first-order valence-electron chi connectivity index (χ1n) is 12.8. The molecule has 1 heterocycles. The molecule has 0 bridgehead atoms. The number of fused-ring (bicyclic) bond motifs is 1. The molecule has 4 aromatic carbocycles. The van der Waals surface area contributed by atoms with Crippen LogP contribution < -0.4 is 23.8 Å². The number of benzene rings is 4. The molecule has 5 aromatic rings. The van der Waals surface area contributed by atoms with Gasteiger partial charge in [-0.2, -0.15) is 21.6 Å². The highest BCUT2D eigenvalue weighted by molar-refractivity contribution is 7.88. The molecule has 0 radical (unpaired) electrons. The summed E-state index contributed by atoms with van der Waals surface area (Å²) >= 11 is 0. The third-order valence-electron chi connectivity index (χ3n) is 6.28. The van der Waals surface area contributed by atoms with E-state index >= 15 is 0 Å². The maximum absolute atomic E-state index is 13.3. The van der Waals surface area contributed by atoms with Crippen molar-refractivity contribution < 1.29 is 49.5 Å². The molecule has 0 atom stereocenters. The van der Waals surface area contributed by atoms with Crippen LogP contribution in [0.1, 0.15) is 11.1 Å². The third kappa shape index (κ3) is 6.42. The molecule has 0 spiro atoms. The fourth-order valence-corrected chi connectivity index (χ4v) is 4.65. The van der Waals surface area contributed by atoms with Crippen molar-refractivity contribution in [1.82, 2.24) is 0 Å². The third-order valence-corrected chi connectivity index (χ3v) is 7.26. The number of aromatic hydroxyl groups is 1. The second-order valence-corrected chi connectivity index (χ2v) is 10.8. The van der Waals surface area contributed by atoms with Gasteiger partial charge in [-0.1, -0.05) is 60.7 Å².